The molecule has 1 heterocycles. The Balaban J connectivity index is 1.44. The first-order valence-electron chi connectivity index (χ1n) is 8.77. The molecule has 1 aromatic carbocycles. The molecule has 0 saturated heterocycles. The van der Waals surface area contributed by atoms with E-state index in [2.05, 4.69) is 27.8 Å². The zero-order valence-corrected chi connectivity index (χ0v) is 15.0. The number of carbonyl (C=O) groups is 2. The number of aromatic nitrogens is 1. The Hall–Kier alpha value is -2.21. The zero-order valence-electron chi connectivity index (χ0n) is 14.2. The van der Waals surface area contributed by atoms with Crippen LogP contribution in [0.1, 0.15) is 42.5 Å². The Morgan fingerprint density at radius 1 is 1.12 bits per heavy atom. The van der Waals surface area contributed by atoms with Gasteiger partial charge in [0, 0.05) is 23.4 Å². The summed E-state index contributed by atoms with van der Waals surface area (Å²) in [5, 5.41) is 6.08. The maximum absolute atomic E-state index is 12.1. The van der Waals surface area contributed by atoms with Gasteiger partial charge in [-0.05, 0) is 18.4 Å². The van der Waals surface area contributed by atoms with Crippen molar-refractivity contribution in [1.82, 2.24) is 10.3 Å². The van der Waals surface area contributed by atoms with Crippen LogP contribution in [0.5, 0.6) is 0 Å². The molecule has 2 amide bonds. The van der Waals surface area contributed by atoms with Gasteiger partial charge in [0.2, 0.25) is 11.8 Å². The number of nitrogens with one attached hydrogen (secondary N) is 2. The lowest BCUT2D eigenvalue weighted by Gasteiger charge is -2.20. The summed E-state index contributed by atoms with van der Waals surface area (Å²) in [5.74, 6) is -0.164. The Bertz CT molecular complexity index is 708. The van der Waals surface area contributed by atoms with Crippen LogP contribution >= 0.6 is 11.3 Å². The van der Waals surface area contributed by atoms with Gasteiger partial charge >= 0.3 is 0 Å². The standard InChI is InChI=1S/C19H23N3O2S/c23-17(13-20-18(24)15-9-5-2-6-10-15)22-19-21-12-16(25-19)11-14-7-3-1-4-8-14/h1,3-4,7-8,12,15H,2,5-6,9-11,13H2,(H,20,24)(H,21,22,23). The first-order valence-corrected chi connectivity index (χ1v) is 9.58. The quantitative estimate of drug-likeness (QED) is 0.833. The van der Waals surface area contributed by atoms with Crippen molar-refractivity contribution in [2.75, 3.05) is 11.9 Å². The molecule has 3 rings (SSSR count). The van der Waals surface area contributed by atoms with Crippen molar-refractivity contribution < 1.29 is 9.59 Å². The number of thiazole rings is 1. The molecule has 2 aromatic rings. The van der Waals surface area contributed by atoms with Gasteiger partial charge in [-0.15, -0.1) is 11.3 Å². The van der Waals surface area contributed by atoms with Gasteiger partial charge in [0.1, 0.15) is 0 Å². The molecule has 1 fully saturated rings. The molecule has 1 aromatic heterocycles. The van der Waals surface area contributed by atoms with Crippen LogP contribution in [-0.2, 0) is 16.0 Å². The highest BCUT2D eigenvalue weighted by molar-refractivity contribution is 7.15. The molecule has 0 bridgehead atoms. The molecule has 0 radical (unpaired) electrons. The van der Waals surface area contributed by atoms with Gasteiger partial charge in [-0.3, -0.25) is 9.59 Å². The van der Waals surface area contributed by atoms with Crippen LogP contribution in [0.2, 0.25) is 0 Å². The Kier molecular flexibility index (Phi) is 6.17. The molecule has 0 spiro atoms. The SMILES string of the molecule is O=C(CNC(=O)C1CCCCC1)Nc1ncc(Cc2ccccc2)s1. The topological polar surface area (TPSA) is 71.1 Å². The lowest BCUT2D eigenvalue weighted by Crippen LogP contribution is -2.37. The summed E-state index contributed by atoms with van der Waals surface area (Å²) in [4.78, 5) is 29.4. The highest BCUT2D eigenvalue weighted by Gasteiger charge is 2.21. The van der Waals surface area contributed by atoms with Gasteiger partial charge in [-0.2, -0.15) is 0 Å². The third kappa shape index (κ3) is 5.39. The molecule has 2 N–H and O–H groups in total. The molecule has 0 atom stereocenters. The average molecular weight is 357 g/mol. The largest absolute Gasteiger partial charge is 0.347 e. The van der Waals surface area contributed by atoms with Crippen molar-refractivity contribution in [3.8, 4) is 0 Å². The van der Waals surface area contributed by atoms with E-state index >= 15 is 0 Å². The van der Waals surface area contributed by atoms with Gasteiger partial charge in [-0.1, -0.05) is 49.6 Å². The van der Waals surface area contributed by atoms with E-state index in [-0.39, 0.29) is 24.3 Å². The van der Waals surface area contributed by atoms with E-state index in [9.17, 15) is 9.59 Å². The predicted octanol–water partition coefficient (Wildman–Crippen LogP) is 3.37. The number of rotatable bonds is 6. The molecule has 6 heteroatoms. The number of benzene rings is 1. The number of hydrogen-bond donors (Lipinski definition) is 2. The molecule has 132 valence electrons. The minimum Gasteiger partial charge on any atom is -0.347 e. The smallest absolute Gasteiger partial charge is 0.245 e. The second kappa shape index (κ2) is 8.76. The number of hydrogen-bond acceptors (Lipinski definition) is 4. The van der Waals surface area contributed by atoms with E-state index in [4.69, 9.17) is 0 Å². The van der Waals surface area contributed by atoms with Crippen molar-refractivity contribution in [1.29, 1.82) is 0 Å². The molecule has 1 saturated carbocycles. The van der Waals surface area contributed by atoms with Crippen LogP contribution in [0.4, 0.5) is 5.13 Å². The third-order valence-electron chi connectivity index (χ3n) is 4.42. The monoisotopic (exact) mass is 357 g/mol. The van der Waals surface area contributed by atoms with Crippen LogP contribution in [0.15, 0.2) is 36.5 Å². The van der Waals surface area contributed by atoms with E-state index in [0.717, 1.165) is 37.0 Å². The second-order valence-corrected chi connectivity index (χ2v) is 7.51. The summed E-state index contributed by atoms with van der Waals surface area (Å²) in [6.07, 6.45) is 7.87. The van der Waals surface area contributed by atoms with Crippen molar-refractivity contribution in [3.05, 3.63) is 47.0 Å². The highest BCUT2D eigenvalue weighted by atomic mass is 32.1. The van der Waals surface area contributed by atoms with Crippen molar-refractivity contribution >= 4 is 28.3 Å². The molecule has 5 nitrogen and oxygen atoms in total. The van der Waals surface area contributed by atoms with Crippen LogP contribution in [-0.4, -0.2) is 23.3 Å². The highest BCUT2D eigenvalue weighted by Crippen LogP contribution is 2.23. The lowest BCUT2D eigenvalue weighted by molar-refractivity contribution is -0.128. The molecule has 1 aliphatic carbocycles. The Labute approximate surface area is 151 Å². The summed E-state index contributed by atoms with van der Waals surface area (Å²) in [6.45, 7) is 0.00291. The fourth-order valence-electron chi connectivity index (χ4n) is 3.08. The number of carbonyl (C=O) groups excluding carboxylic acids is 2. The van der Waals surface area contributed by atoms with E-state index in [1.54, 1.807) is 6.20 Å². The third-order valence-corrected chi connectivity index (χ3v) is 5.33. The first kappa shape index (κ1) is 17.6. The zero-order chi connectivity index (χ0) is 17.5. The van der Waals surface area contributed by atoms with Crippen LogP contribution < -0.4 is 10.6 Å². The van der Waals surface area contributed by atoms with Gasteiger partial charge < -0.3 is 10.6 Å². The number of amides is 2. The van der Waals surface area contributed by atoms with E-state index in [0.29, 0.717) is 5.13 Å². The lowest BCUT2D eigenvalue weighted by atomic mass is 9.89. The minimum absolute atomic E-state index is 0.00115. The molecule has 1 aliphatic rings. The van der Waals surface area contributed by atoms with Crippen molar-refractivity contribution in [2.45, 2.75) is 38.5 Å². The minimum atomic E-state index is -0.232. The van der Waals surface area contributed by atoms with E-state index in [1.807, 2.05) is 18.2 Å². The fraction of sp³-hybridized carbons (Fsp3) is 0.421. The maximum atomic E-state index is 12.1. The van der Waals surface area contributed by atoms with Gasteiger partial charge in [0.25, 0.3) is 0 Å². The second-order valence-electron chi connectivity index (χ2n) is 6.40. The normalized spacial score (nSPS) is 14.9. The molecular weight excluding hydrogens is 334 g/mol. The Morgan fingerprint density at radius 2 is 1.88 bits per heavy atom. The number of anilines is 1. The summed E-state index contributed by atoms with van der Waals surface area (Å²) >= 11 is 1.46. The van der Waals surface area contributed by atoms with Crippen LogP contribution in [0.25, 0.3) is 0 Å². The summed E-state index contributed by atoms with van der Waals surface area (Å²) in [6, 6.07) is 10.1. The maximum Gasteiger partial charge on any atom is 0.245 e. The van der Waals surface area contributed by atoms with Crippen LogP contribution in [0, 0.1) is 5.92 Å². The van der Waals surface area contributed by atoms with Gasteiger partial charge in [0.15, 0.2) is 5.13 Å². The summed E-state index contributed by atoms with van der Waals surface area (Å²) < 4.78 is 0. The van der Waals surface area contributed by atoms with E-state index < -0.39 is 0 Å². The summed E-state index contributed by atoms with van der Waals surface area (Å²) in [7, 11) is 0. The average Bonchev–Trinajstić information content (AvgIpc) is 3.08. The Morgan fingerprint density at radius 3 is 2.64 bits per heavy atom. The molecule has 0 unspecified atom stereocenters. The van der Waals surface area contributed by atoms with Crippen molar-refractivity contribution in [2.24, 2.45) is 5.92 Å². The first-order chi connectivity index (χ1) is 12.2. The van der Waals surface area contributed by atoms with Crippen LogP contribution in [0.3, 0.4) is 0 Å². The number of nitrogens with zero attached hydrogens (tertiary/aromatic N) is 1. The predicted molar refractivity (Wildman–Crippen MR) is 99.6 cm³/mol. The summed E-state index contributed by atoms with van der Waals surface area (Å²) in [5.41, 5.74) is 1.21. The molecule has 25 heavy (non-hydrogen) atoms. The molecule has 0 aliphatic heterocycles. The van der Waals surface area contributed by atoms with Gasteiger partial charge in [0.05, 0.1) is 6.54 Å². The van der Waals surface area contributed by atoms with Gasteiger partial charge in [-0.25, -0.2) is 4.98 Å². The van der Waals surface area contributed by atoms with Crippen molar-refractivity contribution in [3.63, 3.8) is 0 Å². The van der Waals surface area contributed by atoms with E-state index in [1.165, 1.54) is 23.3 Å². The fourth-order valence-corrected chi connectivity index (χ4v) is 3.95. The molecular formula is C19H23N3O2S.